The number of hydrogen-bond acceptors (Lipinski definition) is 3. The van der Waals surface area contributed by atoms with Crippen LogP contribution in [0.5, 0.6) is 0 Å². The van der Waals surface area contributed by atoms with E-state index >= 15 is 0 Å². The van der Waals surface area contributed by atoms with Crippen LogP contribution >= 0.6 is 23.1 Å². The zero-order chi connectivity index (χ0) is 8.39. The van der Waals surface area contributed by atoms with Crippen molar-refractivity contribution in [2.24, 2.45) is 0 Å². The van der Waals surface area contributed by atoms with Gasteiger partial charge in [-0.05, 0) is 22.4 Å². The van der Waals surface area contributed by atoms with Crippen molar-refractivity contribution in [1.82, 2.24) is 5.32 Å². The fraction of sp³-hybridized carbons (Fsp3) is 0.556. The van der Waals surface area contributed by atoms with Gasteiger partial charge in [-0.1, -0.05) is 6.92 Å². The van der Waals surface area contributed by atoms with Gasteiger partial charge in [-0.15, -0.1) is 0 Å². The van der Waals surface area contributed by atoms with Crippen molar-refractivity contribution in [3.05, 3.63) is 22.4 Å². The molecule has 1 N–H and O–H groups in total. The van der Waals surface area contributed by atoms with E-state index in [0.29, 0.717) is 6.04 Å². The van der Waals surface area contributed by atoms with Crippen LogP contribution < -0.4 is 5.32 Å². The maximum Gasteiger partial charge on any atom is 0.0420 e. The van der Waals surface area contributed by atoms with Crippen LogP contribution in [0.4, 0.5) is 0 Å². The maximum atomic E-state index is 3.56. The molecule has 1 saturated heterocycles. The highest BCUT2D eigenvalue weighted by Gasteiger charge is 2.18. The third-order valence-corrected chi connectivity index (χ3v) is 4.11. The summed E-state index contributed by atoms with van der Waals surface area (Å²) in [6.07, 6.45) is 0. The predicted molar refractivity (Wildman–Crippen MR) is 57.0 cm³/mol. The summed E-state index contributed by atoms with van der Waals surface area (Å²) in [5.74, 6) is 1.22. The van der Waals surface area contributed by atoms with E-state index < -0.39 is 0 Å². The Kier molecular flexibility index (Phi) is 2.73. The minimum absolute atomic E-state index is 0.595. The topological polar surface area (TPSA) is 12.0 Å². The lowest BCUT2D eigenvalue weighted by Crippen LogP contribution is -2.34. The van der Waals surface area contributed by atoms with E-state index in [1.54, 1.807) is 11.3 Å². The van der Waals surface area contributed by atoms with Crippen molar-refractivity contribution in [3.63, 3.8) is 0 Å². The van der Waals surface area contributed by atoms with Gasteiger partial charge in [0.2, 0.25) is 0 Å². The van der Waals surface area contributed by atoms with E-state index in [1.165, 1.54) is 11.3 Å². The molecule has 66 valence electrons. The fourth-order valence-electron chi connectivity index (χ4n) is 1.37. The number of hydrogen-bond donors (Lipinski definition) is 1. The second kappa shape index (κ2) is 3.81. The molecule has 2 atom stereocenters. The highest BCUT2D eigenvalue weighted by Crippen LogP contribution is 2.26. The second-order valence-electron chi connectivity index (χ2n) is 3.16. The van der Waals surface area contributed by atoms with Crippen molar-refractivity contribution in [3.8, 4) is 0 Å². The Morgan fingerprint density at radius 2 is 2.50 bits per heavy atom. The minimum atomic E-state index is 0.595. The fourth-order valence-corrected chi connectivity index (χ4v) is 3.13. The van der Waals surface area contributed by atoms with Crippen LogP contribution in [0.25, 0.3) is 0 Å². The molecular weight excluding hydrogens is 186 g/mol. The van der Waals surface area contributed by atoms with E-state index in [9.17, 15) is 0 Å². The summed E-state index contributed by atoms with van der Waals surface area (Å²) in [6, 6.07) is 2.82. The monoisotopic (exact) mass is 199 g/mol. The molecule has 1 aliphatic heterocycles. The van der Waals surface area contributed by atoms with Crippen molar-refractivity contribution >= 4 is 23.1 Å². The standard InChI is InChI=1S/C9H13NS2/c1-7-4-10-9(6-12-7)8-2-3-11-5-8/h2-3,5,7,9-10H,4,6H2,1H3. The SMILES string of the molecule is CC1CNC(c2ccsc2)CS1. The van der Waals surface area contributed by atoms with Gasteiger partial charge in [0.1, 0.15) is 0 Å². The summed E-state index contributed by atoms with van der Waals surface area (Å²) < 4.78 is 0. The second-order valence-corrected chi connectivity index (χ2v) is 5.41. The Bertz CT molecular complexity index is 225. The Balaban J connectivity index is 1.99. The first kappa shape index (κ1) is 8.60. The van der Waals surface area contributed by atoms with Crippen molar-refractivity contribution < 1.29 is 0 Å². The van der Waals surface area contributed by atoms with Crippen molar-refractivity contribution in [2.45, 2.75) is 18.2 Å². The summed E-state index contributed by atoms with van der Waals surface area (Å²) in [5, 5.41) is 8.73. The van der Waals surface area contributed by atoms with Gasteiger partial charge in [0.15, 0.2) is 0 Å². The number of nitrogens with one attached hydrogen (secondary N) is 1. The summed E-state index contributed by atoms with van der Waals surface area (Å²) in [4.78, 5) is 0. The molecule has 0 aliphatic carbocycles. The molecule has 0 bridgehead atoms. The van der Waals surface area contributed by atoms with E-state index in [4.69, 9.17) is 0 Å². The maximum absolute atomic E-state index is 3.56. The quantitative estimate of drug-likeness (QED) is 0.746. The molecule has 1 aromatic heterocycles. The first-order valence-electron chi connectivity index (χ1n) is 4.23. The van der Waals surface area contributed by atoms with Gasteiger partial charge in [-0.25, -0.2) is 0 Å². The minimum Gasteiger partial charge on any atom is -0.308 e. The van der Waals surface area contributed by atoms with Gasteiger partial charge >= 0.3 is 0 Å². The van der Waals surface area contributed by atoms with Crippen LogP contribution in [-0.2, 0) is 0 Å². The van der Waals surface area contributed by atoms with Crippen LogP contribution in [-0.4, -0.2) is 17.5 Å². The Morgan fingerprint density at radius 3 is 3.08 bits per heavy atom. The number of thiophene rings is 1. The Hall–Kier alpha value is 0.01000. The zero-order valence-corrected chi connectivity index (χ0v) is 8.75. The van der Waals surface area contributed by atoms with Crippen molar-refractivity contribution in [2.75, 3.05) is 12.3 Å². The molecule has 0 aromatic carbocycles. The van der Waals surface area contributed by atoms with Gasteiger partial charge in [0.05, 0.1) is 0 Å². The zero-order valence-electron chi connectivity index (χ0n) is 7.12. The van der Waals surface area contributed by atoms with E-state index in [2.05, 4.69) is 40.8 Å². The Morgan fingerprint density at radius 1 is 1.58 bits per heavy atom. The molecule has 0 spiro atoms. The average molecular weight is 199 g/mol. The van der Waals surface area contributed by atoms with Crippen LogP contribution in [0.15, 0.2) is 16.8 Å². The summed E-state index contributed by atoms with van der Waals surface area (Å²) >= 11 is 3.85. The molecule has 2 heterocycles. The Labute approximate surface area is 81.6 Å². The third-order valence-electron chi connectivity index (χ3n) is 2.14. The van der Waals surface area contributed by atoms with Gasteiger partial charge in [0.25, 0.3) is 0 Å². The van der Waals surface area contributed by atoms with Crippen molar-refractivity contribution in [1.29, 1.82) is 0 Å². The van der Waals surface area contributed by atoms with Crippen LogP contribution in [0.2, 0.25) is 0 Å². The predicted octanol–water partition coefficient (Wildman–Crippen LogP) is 2.51. The van der Waals surface area contributed by atoms with E-state index in [-0.39, 0.29) is 0 Å². The normalized spacial score (nSPS) is 30.4. The third kappa shape index (κ3) is 1.84. The highest BCUT2D eigenvalue weighted by atomic mass is 32.2. The number of thioether (sulfide) groups is 1. The van der Waals surface area contributed by atoms with E-state index in [1.807, 2.05) is 0 Å². The van der Waals surface area contributed by atoms with Crippen LogP contribution in [0.3, 0.4) is 0 Å². The van der Waals surface area contributed by atoms with Crippen LogP contribution in [0, 0.1) is 0 Å². The molecule has 0 saturated carbocycles. The smallest absolute Gasteiger partial charge is 0.0420 e. The summed E-state index contributed by atoms with van der Waals surface area (Å²) in [6.45, 7) is 3.42. The molecule has 3 heteroatoms. The van der Waals surface area contributed by atoms with Gasteiger partial charge in [-0.3, -0.25) is 0 Å². The molecule has 2 unspecified atom stereocenters. The first-order valence-corrected chi connectivity index (χ1v) is 6.22. The number of rotatable bonds is 1. The largest absolute Gasteiger partial charge is 0.308 e. The average Bonchev–Trinajstić information content (AvgIpc) is 2.58. The summed E-state index contributed by atoms with van der Waals surface area (Å²) in [7, 11) is 0. The van der Waals surface area contributed by atoms with Crippen LogP contribution in [0.1, 0.15) is 18.5 Å². The molecule has 1 nitrogen and oxygen atoms in total. The lowest BCUT2D eigenvalue weighted by molar-refractivity contribution is 0.565. The first-order chi connectivity index (χ1) is 5.86. The molecule has 2 rings (SSSR count). The van der Waals surface area contributed by atoms with Gasteiger partial charge in [-0.2, -0.15) is 23.1 Å². The van der Waals surface area contributed by atoms with Gasteiger partial charge in [0, 0.05) is 23.6 Å². The molecule has 1 aliphatic rings. The lowest BCUT2D eigenvalue weighted by Gasteiger charge is -2.26. The molecule has 0 amide bonds. The molecule has 0 radical (unpaired) electrons. The highest BCUT2D eigenvalue weighted by molar-refractivity contribution is 8.00. The van der Waals surface area contributed by atoms with E-state index in [0.717, 1.165) is 11.8 Å². The molecular formula is C9H13NS2. The lowest BCUT2D eigenvalue weighted by atomic mass is 10.2. The molecule has 1 fully saturated rings. The molecule has 12 heavy (non-hydrogen) atoms. The summed E-state index contributed by atoms with van der Waals surface area (Å²) in [5.41, 5.74) is 1.46. The van der Waals surface area contributed by atoms with Gasteiger partial charge < -0.3 is 5.32 Å². The molecule has 1 aromatic rings.